The number of hydrogen-bond donors (Lipinski definition) is 5. The first-order valence-electron chi connectivity index (χ1n) is 25.8. The SMILES string of the molecule is CCCN(CCC)CCCC[C@H](NC(=O)[C@@H](C(C)C)C(CCC#Cc1cnc(S(C)(=O)=O)nc1)C(N)=O)C(=O)NCC(=O)NCCCc1c2c(nc3cc(F)c(C)cc13)-c1cc3c(c(=O)n1C2)COC(=O)[C@]3(O)CC. The smallest absolute Gasteiger partial charge is 0.343 e. The van der Waals surface area contributed by atoms with Crippen molar-refractivity contribution in [3.05, 3.63) is 80.1 Å². The zero-order chi connectivity index (χ0) is 54.8. The first-order chi connectivity index (χ1) is 35.6. The molecule has 5 heterocycles. The molecule has 6 N–H and O–H groups in total. The van der Waals surface area contributed by atoms with Crippen LogP contribution >= 0.6 is 0 Å². The van der Waals surface area contributed by atoms with Crippen LogP contribution in [0, 0.1) is 42.3 Å². The Labute approximate surface area is 437 Å². The quantitative estimate of drug-likeness (QED) is 0.0240. The number of aromatic nitrogens is 4. The predicted molar refractivity (Wildman–Crippen MR) is 279 cm³/mol. The zero-order valence-corrected chi connectivity index (χ0v) is 44.8. The van der Waals surface area contributed by atoms with E-state index in [1.54, 1.807) is 39.8 Å². The molecule has 1 aromatic carbocycles. The molecule has 4 aromatic rings. The van der Waals surface area contributed by atoms with E-state index in [1.807, 2.05) is 0 Å². The maximum Gasteiger partial charge on any atom is 0.343 e. The van der Waals surface area contributed by atoms with Crippen LogP contribution in [-0.4, -0.2) is 113 Å². The lowest BCUT2D eigenvalue weighted by molar-refractivity contribution is -0.172. The number of amides is 4. The van der Waals surface area contributed by atoms with Crippen molar-refractivity contribution in [2.24, 2.45) is 23.5 Å². The van der Waals surface area contributed by atoms with Gasteiger partial charge >= 0.3 is 5.97 Å². The van der Waals surface area contributed by atoms with Crippen molar-refractivity contribution in [1.82, 2.24) is 40.4 Å². The number of aliphatic hydroxyl groups is 1. The summed E-state index contributed by atoms with van der Waals surface area (Å²) in [6.45, 7) is 13.4. The number of cyclic esters (lactones) is 1. The third-order valence-electron chi connectivity index (χ3n) is 14.0. The largest absolute Gasteiger partial charge is 0.458 e. The molecule has 75 heavy (non-hydrogen) atoms. The number of fused-ring (bicyclic) bond motifs is 5. The molecule has 0 aliphatic carbocycles. The average Bonchev–Trinajstić information content (AvgIpc) is 3.73. The lowest BCUT2D eigenvalue weighted by atomic mass is 9.79. The molecule has 0 fully saturated rings. The Kier molecular flexibility index (Phi) is 19.4. The number of carbonyl (C=O) groups excluding carboxylic acids is 5. The van der Waals surface area contributed by atoms with Crippen LogP contribution in [0.25, 0.3) is 22.3 Å². The van der Waals surface area contributed by atoms with E-state index in [0.717, 1.165) is 56.3 Å². The number of halogens is 1. The first kappa shape index (κ1) is 57.6. The molecule has 0 bridgehead atoms. The van der Waals surface area contributed by atoms with E-state index in [1.165, 1.54) is 23.0 Å². The summed E-state index contributed by atoms with van der Waals surface area (Å²) < 4.78 is 45.3. The second-order valence-corrected chi connectivity index (χ2v) is 21.8. The summed E-state index contributed by atoms with van der Waals surface area (Å²) in [4.78, 5) is 95.9. The number of primary amides is 1. The van der Waals surface area contributed by atoms with Crippen molar-refractivity contribution in [1.29, 1.82) is 0 Å². The van der Waals surface area contributed by atoms with Gasteiger partial charge in [0.2, 0.25) is 38.6 Å². The monoisotopic (exact) mass is 1060 g/mol. The van der Waals surface area contributed by atoms with E-state index in [9.17, 15) is 42.3 Å². The van der Waals surface area contributed by atoms with Gasteiger partial charge in [-0.2, -0.15) is 0 Å². The molecule has 3 aromatic heterocycles. The van der Waals surface area contributed by atoms with Gasteiger partial charge in [0, 0.05) is 54.2 Å². The number of ether oxygens (including phenoxy) is 1. The Morgan fingerprint density at radius 3 is 2.32 bits per heavy atom. The van der Waals surface area contributed by atoms with Crippen LogP contribution in [0.4, 0.5) is 4.39 Å². The molecule has 4 atom stereocenters. The van der Waals surface area contributed by atoms with Crippen LogP contribution in [0.5, 0.6) is 0 Å². The number of carbonyl (C=O) groups is 5. The molecule has 0 spiro atoms. The number of esters is 1. The van der Waals surface area contributed by atoms with Gasteiger partial charge in [-0.3, -0.25) is 24.0 Å². The van der Waals surface area contributed by atoms with E-state index in [4.69, 9.17) is 15.5 Å². The summed E-state index contributed by atoms with van der Waals surface area (Å²) in [5.41, 5.74) is 7.22. The summed E-state index contributed by atoms with van der Waals surface area (Å²) in [6.07, 6.45) is 8.20. The Hall–Kier alpha value is -6.63. The van der Waals surface area contributed by atoms with Crippen LogP contribution in [-0.2, 0) is 63.7 Å². The summed E-state index contributed by atoms with van der Waals surface area (Å²) >= 11 is 0. The Morgan fingerprint density at radius 2 is 1.68 bits per heavy atom. The molecule has 4 amide bonds. The fraction of sp³-hybridized carbons (Fsp3) is 0.537. The Balaban J connectivity index is 1.12. The maximum atomic E-state index is 15.0. The first-order valence-corrected chi connectivity index (χ1v) is 27.7. The molecule has 6 rings (SSSR count). The molecule has 0 saturated heterocycles. The summed E-state index contributed by atoms with van der Waals surface area (Å²) in [5.74, 6) is -0.0856. The number of hydrogen-bond acceptors (Lipinski definition) is 14. The highest BCUT2D eigenvalue weighted by molar-refractivity contribution is 7.90. The minimum Gasteiger partial charge on any atom is -0.458 e. The molecule has 19 nitrogen and oxygen atoms in total. The lowest BCUT2D eigenvalue weighted by Crippen LogP contribution is -2.52. The zero-order valence-electron chi connectivity index (χ0n) is 43.9. The van der Waals surface area contributed by atoms with Crippen molar-refractivity contribution >= 4 is 50.3 Å². The molecule has 2 aliphatic heterocycles. The van der Waals surface area contributed by atoms with Gasteiger partial charge in [0.05, 0.1) is 53.0 Å². The van der Waals surface area contributed by atoms with Crippen molar-refractivity contribution in [2.75, 3.05) is 39.0 Å². The fourth-order valence-electron chi connectivity index (χ4n) is 10.0. The number of nitrogens with two attached hydrogens (primary N) is 1. The van der Waals surface area contributed by atoms with Gasteiger partial charge < -0.3 is 41.0 Å². The highest BCUT2D eigenvalue weighted by Gasteiger charge is 2.45. The summed E-state index contributed by atoms with van der Waals surface area (Å²) in [5, 5.41) is 20.1. The van der Waals surface area contributed by atoms with E-state index >= 15 is 4.39 Å². The summed E-state index contributed by atoms with van der Waals surface area (Å²) in [7, 11) is -3.59. The number of rotatable bonds is 25. The van der Waals surface area contributed by atoms with Crippen molar-refractivity contribution in [3.8, 4) is 23.2 Å². The van der Waals surface area contributed by atoms with Crippen LogP contribution in [0.15, 0.2) is 40.5 Å². The molecule has 2 aliphatic rings. The third kappa shape index (κ3) is 13.6. The molecule has 1 unspecified atom stereocenters. The van der Waals surface area contributed by atoms with Crippen LogP contribution < -0.4 is 27.2 Å². The van der Waals surface area contributed by atoms with Gasteiger partial charge in [0.15, 0.2) is 5.60 Å². The van der Waals surface area contributed by atoms with Crippen LogP contribution in [0.3, 0.4) is 0 Å². The van der Waals surface area contributed by atoms with E-state index in [2.05, 4.69) is 56.5 Å². The van der Waals surface area contributed by atoms with Crippen molar-refractivity contribution < 1.29 is 46.6 Å². The van der Waals surface area contributed by atoms with Gasteiger partial charge in [-0.05, 0) is 114 Å². The van der Waals surface area contributed by atoms with Gasteiger partial charge in [-0.25, -0.2) is 32.6 Å². The number of pyridine rings is 2. The maximum absolute atomic E-state index is 15.0. The van der Waals surface area contributed by atoms with Gasteiger partial charge in [0.1, 0.15) is 18.5 Å². The Bertz CT molecular complexity index is 3040. The van der Waals surface area contributed by atoms with E-state index < -0.39 is 80.8 Å². The van der Waals surface area contributed by atoms with Gasteiger partial charge in [-0.1, -0.05) is 46.5 Å². The van der Waals surface area contributed by atoms with Crippen molar-refractivity contribution in [3.63, 3.8) is 0 Å². The van der Waals surface area contributed by atoms with E-state index in [-0.39, 0.29) is 67.6 Å². The fourth-order valence-corrected chi connectivity index (χ4v) is 10.5. The highest BCUT2D eigenvalue weighted by atomic mass is 32.2. The highest BCUT2D eigenvalue weighted by Crippen LogP contribution is 2.41. The van der Waals surface area contributed by atoms with E-state index in [0.29, 0.717) is 52.7 Å². The van der Waals surface area contributed by atoms with Gasteiger partial charge in [0.25, 0.3) is 5.56 Å². The molecule has 21 heteroatoms. The number of nitrogens with one attached hydrogen (secondary N) is 3. The summed E-state index contributed by atoms with van der Waals surface area (Å²) in [6, 6.07) is 3.60. The second-order valence-electron chi connectivity index (χ2n) is 19.9. The molecule has 0 saturated carbocycles. The number of nitrogens with zero attached hydrogens (tertiary/aromatic N) is 5. The Morgan fingerprint density at radius 1 is 0.973 bits per heavy atom. The van der Waals surface area contributed by atoms with Crippen molar-refractivity contribution in [2.45, 2.75) is 136 Å². The topological polar surface area (TPSA) is 275 Å². The minimum atomic E-state index is -3.59. The second kappa shape index (κ2) is 25.3. The number of sulfone groups is 1. The average molecular weight is 1060 g/mol. The minimum absolute atomic E-state index is 0.0234. The number of aryl methyl sites for hydroxylation is 2. The standard InChI is InChI=1S/C54H70FN9O10S/c1-8-21-63(22-9-2)23-14-13-19-42(62-50(68)46(32(4)5)36(48(56)66)17-12-11-16-34-27-59-53(60-28-34)75(7,72)73)49(67)58-29-45(65)57-20-15-18-35-37-24-33(6)41(55)26-43(37)61-47-38(35)30-64-44(47)25-40-39(51(64)69)31-74-52(70)54(40,71)10-3/h24-28,32,36,42,46,71H,8-10,12-15,17-23,29-31H2,1-7H3,(H2,56,66)(H,57,65)(H,58,67)(H,62,68)/t36?,42-,46-,54-/m0/s1. The molecular weight excluding hydrogens is 986 g/mol. The molecule has 0 radical (unpaired) electrons. The van der Waals surface area contributed by atoms with Gasteiger partial charge in [-0.15, -0.1) is 0 Å². The number of benzene rings is 1. The lowest BCUT2D eigenvalue weighted by Gasteiger charge is -2.31. The molecular formula is C54H70FN9O10S. The van der Waals surface area contributed by atoms with Crippen LogP contribution in [0.1, 0.15) is 126 Å². The van der Waals surface area contributed by atoms with Crippen LogP contribution in [0.2, 0.25) is 0 Å². The third-order valence-corrected chi connectivity index (χ3v) is 14.8. The normalized spacial score (nSPS) is 16.0. The predicted octanol–water partition coefficient (Wildman–Crippen LogP) is 3.87. The number of unbranched alkanes of at least 4 members (excludes halogenated alkanes) is 1. The molecule has 404 valence electrons.